The van der Waals surface area contributed by atoms with Gasteiger partial charge in [0.1, 0.15) is 5.78 Å². The van der Waals surface area contributed by atoms with Gasteiger partial charge >= 0.3 is 0 Å². The maximum atomic E-state index is 11.5. The summed E-state index contributed by atoms with van der Waals surface area (Å²) in [5, 5.41) is 3.32. The normalized spacial score (nSPS) is 21.1. The van der Waals surface area contributed by atoms with Gasteiger partial charge in [-0.25, -0.2) is 0 Å². The second-order valence-electron chi connectivity index (χ2n) is 4.22. The van der Waals surface area contributed by atoms with Crippen LogP contribution in [0.3, 0.4) is 0 Å². The number of rotatable bonds is 6. The summed E-state index contributed by atoms with van der Waals surface area (Å²) in [6.45, 7) is 8.14. The predicted molar refractivity (Wildman–Crippen MR) is 59.3 cm³/mol. The zero-order chi connectivity index (χ0) is 10.4. The first-order valence-corrected chi connectivity index (χ1v) is 5.61. The Balaban J connectivity index is 2.11. The fourth-order valence-corrected chi connectivity index (χ4v) is 1.82. The van der Waals surface area contributed by atoms with Crippen molar-refractivity contribution >= 4 is 5.78 Å². The number of nitrogens with one attached hydrogen (secondary N) is 1. The highest BCUT2D eigenvalue weighted by molar-refractivity contribution is 5.80. The molecule has 80 valence electrons. The highest BCUT2D eigenvalue weighted by atomic mass is 16.1. The van der Waals surface area contributed by atoms with E-state index in [-0.39, 0.29) is 0 Å². The molecule has 1 saturated heterocycles. The molecular weight excluding hydrogens is 174 g/mol. The van der Waals surface area contributed by atoms with Crippen molar-refractivity contribution < 1.29 is 4.79 Å². The summed E-state index contributed by atoms with van der Waals surface area (Å²) in [6.07, 6.45) is 4.56. The summed E-state index contributed by atoms with van der Waals surface area (Å²) >= 11 is 0. The third-order valence-electron chi connectivity index (χ3n) is 2.94. The van der Waals surface area contributed by atoms with Gasteiger partial charge in [-0.1, -0.05) is 19.1 Å². The summed E-state index contributed by atoms with van der Waals surface area (Å²) in [4.78, 5) is 11.5. The van der Waals surface area contributed by atoms with Crippen LogP contribution in [0.1, 0.15) is 39.0 Å². The van der Waals surface area contributed by atoms with Crippen molar-refractivity contribution in [2.24, 2.45) is 5.92 Å². The molecule has 0 bridgehead atoms. The van der Waals surface area contributed by atoms with Gasteiger partial charge in [-0.05, 0) is 38.3 Å². The van der Waals surface area contributed by atoms with E-state index < -0.39 is 0 Å². The molecule has 0 aromatic heterocycles. The number of allylic oxidation sites excluding steroid dienone is 1. The molecule has 0 radical (unpaired) electrons. The molecule has 1 rings (SSSR count). The van der Waals surface area contributed by atoms with E-state index in [1.165, 1.54) is 6.42 Å². The smallest absolute Gasteiger partial charge is 0.136 e. The highest BCUT2D eigenvalue weighted by Gasteiger charge is 2.15. The van der Waals surface area contributed by atoms with E-state index in [0.29, 0.717) is 12.2 Å². The van der Waals surface area contributed by atoms with Crippen LogP contribution in [0, 0.1) is 5.92 Å². The fourth-order valence-electron chi connectivity index (χ4n) is 1.82. The molecule has 1 atom stereocenters. The van der Waals surface area contributed by atoms with Gasteiger partial charge in [0.05, 0.1) is 0 Å². The van der Waals surface area contributed by atoms with Crippen LogP contribution in [-0.2, 0) is 4.79 Å². The molecule has 0 saturated carbocycles. The van der Waals surface area contributed by atoms with Crippen LogP contribution in [0.4, 0.5) is 0 Å². The molecule has 0 aromatic rings. The Morgan fingerprint density at radius 1 is 1.57 bits per heavy atom. The number of carbonyl (C=O) groups is 1. The topological polar surface area (TPSA) is 29.1 Å². The van der Waals surface area contributed by atoms with Crippen LogP contribution in [0.5, 0.6) is 0 Å². The molecule has 1 N–H and O–H groups in total. The molecule has 0 spiro atoms. The van der Waals surface area contributed by atoms with Crippen LogP contribution in [0.25, 0.3) is 0 Å². The van der Waals surface area contributed by atoms with Crippen molar-refractivity contribution in [3.05, 3.63) is 12.2 Å². The molecular formula is C12H21NO. The van der Waals surface area contributed by atoms with Crippen molar-refractivity contribution in [2.45, 2.75) is 39.0 Å². The van der Waals surface area contributed by atoms with Crippen molar-refractivity contribution in [3.8, 4) is 0 Å². The summed E-state index contributed by atoms with van der Waals surface area (Å²) in [7, 11) is 0. The van der Waals surface area contributed by atoms with Crippen molar-refractivity contribution in [3.63, 3.8) is 0 Å². The minimum absolute atomic E-state index is 0.365. The van der Waals surface area contributed by atoms with Gasteiger partial charge in [0.15, 0.2) is 0 Å². The van der Waals surface area contributed by atoms with Crippen molar-refractivity contribution in [1.29, 1.82) is 0 Å². The minimum atomic E-state index is 0.365. The zero-order valence-electron chi connectivity index (χ0n) is 9.14. The van der Waals surface area contributed by atoms with Gasteiger partial charge in [0.25, 0.3) is 0 Å². The molecule has 1 unspecified atom stereocenters. The largest absolute Gasteiger partial charge is 0.316 e. The number of hydrogen-bond donors (Lipinski definition) is 1. The number of Topliss-reactive ketones (excluding diaryl/α,β-unsaturated/α-hetero) is 1. The lowest BCUT2D eigenvalue weighted by Gasteiger charge is -2.07. The third kappa shape index (κ3) is 4.05. The maximum Gasteiger partial charge on any atom is 0.136 e. The van der Waals surface area contributed by atoms with E-state index >= 15 is 0 Å². The minimum Gasteiger partial charge on any atom is -0.316 e. The summed E-state index contributed by atoms with van der Waals surface area (Å²) in [6, 6.07) is 0. The Bertz CT molecular complexity index is 204. The van der Waals surface area contributed by atoms with E-state index in [9.17, 15) is 4.79 Å². The van der Waals surface area contributed by atoms with E-state index in [4.69, 9.17) is 0 Å². The van der Waals surface area contributed by atoms with Gasteiger partial charge in [0.2, 0.25) is 0 Å². The Hall–Kier alpha value is -0.630. The second-order valence-corrected chi connectivity index (χ2v) is 4.22. The highest BCUT2D eigenvalue weighted by Crippen LogP contribution is 2.16. The van der Waals surface area contributed by atoms with Crippen LogP contribution in [0.2, 0.25) is 0 Å². The molecule has 1 fully saturated rings. The number of ketones is 1. The van der Waals surface area contributed by atoms with E-state index in [1.54, 1.807) is 0 Å². The Labute approximate surface area is 86.8 Å². The van der Waals surface area contributed by atoms with Crippen LogP contribution >= 0.6 is 0 Å². The van der Waals surface area contributed by atoms with E-state index in [2.05, 4.69) is 18.8 Å². The van der Waals surface area contributed by atoms with Crippen LogP contribution < -0.4 is 5.32 Å². The lowest BCUT2D eigenvalue weighted by molar-refractivity contribution is -0.118. The van der Waals surface area contributed by atoms with Gasteiger partial charge in [-0.3, -0.25) is 4.79 Å². The van der Waals surface area contributed by atoms with Crippen LogP contribution in [0.15, 0.2) is 12.2 Å². The molecule has 0 aliphatic carbocycles. The summed E-state index contributed by atoms with van der Waals surface area (Å²) < 4.78 is 0. The van der Waals surface area contributed by atoms with Gasteiger partial charge in [-0.15, -0.1) is 0 Å². The summed E-state index contributed by atoms with van der Waals surface area (Å²) in [5.74, 6) is 1.09. The second kappa shape index (κ2) is 5.97. The molecule has 0 amide bonds. The number of carbonyl (C=O) groups excluding carboxylic acids is 1. The third-order valence-corrected chi connectivity index (χ3v) is 2.94. The first kappa shape index (κ1) is 11.4. The van der Waals surface area contributed by atoms with Gasteiger partial charge in [0, 0.05) is 12.8 Å². The Kier molecular flexibility index (Phi) is 4.88. The standard InChI is InChI=1S/C12H21NO/c1-3-10(2)8-12(14)5-4-11-6-7-13-9-11/h11,13H,2-9H2,1H3. The zero-order valence-corrected chi connectivity index (χ0v) is 9.14. The summed E-state index contributed by atoms with van der Waals surface area (Å²) in [5.41, 5.74) is 1.07. The lowest BCUT2D eigenvalue weighted by atomic mass is 9.98. The molecule has 14 heavy (non-hydrogen) atoms. The molecule has 2 nitrogen and oxygen atoms in total. The average molecular weight is 195 g/mol. The molecule has 1 aliphatic heterocycles. The van der Waals surface area contributed by atoms with E-state index in [0.717, 1.165) is 43.8 Å². The molecule has 1 heterocycles. The Morgan fingerprint density at radius 2 is 2.36 bits per heavy atom. The Morgan fingerprint density at radius 3 is 2.93 bits per heavy atom. The lowest BCUT2D eigenvalue weighted by Crippen LogP contribution is -2.10. The monoisotopic (exact) mass is 195 g/mol. The van der Waals surface area contributed by atoms with Crippen LogP contribution in [-0.4, -0.2) is 18.9 Å². The van der Waals surface area contributed by atoms with Gasteiger partial charge in [-0.2, -0.15) is 0 Å². The molecule has 2 heteroatoms. The number of hydrogen-bond acceptors (Lipinski definition) is 2. The molecule has 1 aliphatic rings. The average Bonchev–Trinajstić information content (AvgIpc) is 2.67. The molecule has 0 aromatic carbocycles. The SMILES string of the molecule is C=C(CC)CC(=O)CCC1CCNC1. The van der Waals surface area contributed by atoms with Crippen molar-refractivity contribution in [1.82, 2.24) is 5.32 Å². The first-order chi connectivity index (χ1) is 6.72. The maximum absolute atomic E-state index is 11.5. The fraction of sp³-hybridized carbons (Fsp3) is 0.750. The first-order valence-electron chi connectivity index (χ1n) is 5.61. The van der Waals surface area contributed by atoms with Crippen molar-refractivity contribution in [2.75, 3.05) is 13.1 Å². The predicted octanol–water partition coefficient (Wildman–Crippen LogP) is 2.30. The van der Waals surface area contributed by atoms with E-state index in [1.807, 2.05) is 0 Å². The quantitative estimate of drug-likeness (QED) is 0.659. The van der Waals surface area contributed by atoms with Gasteiger partial charge < -0.3 is 5.32 Å².